The summed E-state index contributed by atoms with van der Waals surface area (Å²) in [6.45, 7) is 0.542. The number of phenolic OH excluding ortho intramolecular Hbond substituents is 1. The molecule has 5 heteroatoms. The number of carbonyl (C=O) groups excluding carboxylic acids is 1. The lowest BCUT2D eigenvalue weighted by Gasteiger charge is -2.14. The fourth-order valence-corrected chi connectivity index (χ4v) is 2.80. The topological polar surface area (TPSA) is 61.4 Å². The number of phenols is 1. The molecule has 1 aliphatic heterocycles. The lowest BCUT2D eigenvalue weighted by Crippen LogP contribution is -2.27. The van der Waals surface area contributed by atoms with E-state index in [-0.39, 0.29) is 23.3 Å². The molecule has 0 bridgehead atoms. The maximum Gasteiger partial charge on any atom is 0.233 e. The van der Waals surface area contributed by atoms with Gasteiger partial charge in [0, 0.05) is 18.3 Å². The van der Waals surface area contributed by atoms with E-state index in [1.54, 1.807) is 0 Å². The van der Waals surface area contributed by atoms with Crippen molar-refractivity contribution >= 4 is 11.6 Å². The van der Waals surface area contributed by atoms with E-state index in [2.05, 4.69) is 16.7 Å². The van der Waals surface area contributed by atoms with Gasteiger partial charge in [-0.05, 0) is 43.0 Å². The molecule has 110 valence electrons. The fraction of sp³-hybridized carbons (Fsp3) is 0.312. The van der Waals surface area contributed by atoms with Crippen molar-refractivity contribution in [1.29, 1.82) is 0 Å². The fourth-order valence-electron chi connectivity index (χ4n) is 2.80. The first-order chi connectivity index (χ1) is 10.1. The van der Waals surface area contributed by atoms with Crippen LogP contribution in [-0.4, -0.2) is 17.6 Å². The SMILES string of the molecule is O=C(Nc1ccc(O)cc1F)C1CNC2=C1CCCC=C2. The lowest BCUT2D eigenvalue weighted by molar-refractivity contribution is -0.118. The molecule has 1 atom stereocenters. The second kappa shape index (κ2) is 5.60. The Hall–Kier alpha value is -2.30. The van der Waals surface area contributed by atoms with Crippen LogP contribution in [0.3, 0.4) is 0 Å². The van der Waals surface area contributed by atoms with E-state index in [0.29, 0.717) is 6.54 Å². The molecule has 1 heterocycles. The van der Waals surface area contributed by atoms with Gasteiger partial charge in [0.25, 0.3) is 0 Å². The molecule has 1 aliphatic carbocycles. The van der Waals surface area contributed by atoms with Crippen LogP contribution in [0.2, 0.25) is 0 Å². The van der Waals surface area contributed by atoms with Crippen molar-refractivity contribution in [3.8, 4) is 5.75 Å². The molecule has 0 saturated carbocycles. The minimum absolute atomic E-state index is 0.0935. The van der Waals surface area contributed by atoms with E-state index >= 15 is 0 Å². The zero-order valence-corrected chi connectivity index (χ0v) is 11.5. The van der Waals surface area contributed by atoms with Gasteiger partial charge in [-0.25, -0.2) is 4.39 Å². The highest BCUT2D eigenvalue weighted by molar-refractivity contribution is 5.95. The normalized spacial score (nSPS) is 20.7. The van der Waals surface area contributed by atoms with Crippen LogP contribution in [0.15, 0.2) is 41.6 Å². The monoisotopic (exact) mass is 288 g/mol. The third kappa shape index (κ3) is 2.77. The van der Waals surface area contributed by atoms with E-state index in [0.717, 1.165) is 36.6 Å². The molecule has 21 heavy (non-hydrogen) atoms. The van der Waals surface area contributed by atoms with Gasteiger partial charge in [-0.3, -0.25) is 4.79 Å². The number of aromatic hydroxyl groups is 1. The predicted molar refractivity (Wildman–Crippen MR) is 78.2 cm³/mol. The largest absolute Gasteiger partial charge is 0.508 e. The molecule has 1 aromatic carbocycles. The van der Waals surface area contributed by atoms with Crippen LogP contribution in [0.1, 0.15) is 19.3 Å². The smallest absolute Gasteiger partial charge is 0.233 e. The molecule has 0 fully saturated rings. The van der Waals surface area contributed by atoms with Crippen molar-refractivity contribution in [2.75, 3.05) is 11.9 Å². The highest BCUT2D eigenvalue weighted by atomic mass is 19.1. The summed E-state index contributed by atoms with van der Waals surface area (Å²) in [5, 5.41) is 15.0. The van der Waals surface area contributed by atoms with Crippen molar-refractivity contribution in [2.24, 2.45) is 5.92 Å². The number of carbonyl (C=O) groups is 1. The zero-order chi connectivity index (χ0) is 14.8. The van der Waals surface area contributed by atoms with Gasteiger partial charge in [-0.15, -0.1) is 0 Å². The number of allylic oxidation sites excluding steroid dienone is 2. The van der Waals surface area contributed by atoms with Crippen molar-refractivity contribution in [3.63, 3.8) is 0 Å². The summed E-state index contributed by atoms with van der Waals surface area (Å²) in [6, 6.07) is 3.71. The van der Waals surface area contributed by atoms with Gasteiger partial charge in [0.05, 0.1) is 11.6 Å². The standard InChI is InChI=1S/C16H17FN2O2/c17-13-8-10(20)6-7-15(13)19-16(21)12-9-18-14-5-3-1-2-4-11(12)14/h3,5-8,12,18,20H,1-2,4,9H2,(H,19,21). The summed E-state index contributed by atoms with van der Waals surface area (Å²) in [7, 11) is 0. The number of anilines is 1. The molecular formula is C16H17FN2O2. The Balaban J connectivity index is 1.77. The molecule has 0 aromatic heterocycles. The van der Waals surface area contributed by atoms with E-state index in [4.69, 9.17) is 0 Å². The maximum absolute atomic E-state index is 13.7. The Labute approximate surface area is 122 Å². The highest BCUT2D eigenvalue weighted by Gasteiger charge is 2.30. The van der Waals surface area contributed by atoms with Gasteiger partial charge < -0.3 is 15.7 Å². The van der Waals surface area contributed by atoms with Crippen LogP contribution in [0.4, 0.5) is 10.1 Å². The molecule has 0 spiro atoms. The first-order valence-electron chi connectivity index (χ1n) is 7.08. The average molecular weight is 288 g/mol. The van der Waals surface area contributed by atoms with Gasteiger partial charge in [0.2, 0.25) is 5.91 Å². The molecule has 1 amide bonds. The van der Waals surface area contributed by atoms with Gasteiger partial charge in [-0.2, -0.15) is 0 Å². The molecule has 0 radical (unpaired) electrons. The minimum Gasteiger partial charge on any atom is -0.508 e. The minimum atomic E-state index is -0.635. The second-order valence-corrected chi connectivity index (χ2v) is 5.32. The van der Waals surface area contributed by atoms with Crippen LogP contribution in [0, 0.1) is 11.7 Å². The van der Waals surface area contributed by atoms with Crippen LogP contribution in [-0.2, 0) is 4.79 Å². The van der Waals surface area contributed by atoms with E-state index in [1.807, 2.05) is 6.08 Å². The van der Waals surface area contributed by atoms with E-state index in [1.165, 1.54) is 12.1 Å². The molecule has 1 unspecified atom stereocenters. The van der Waals surface area contributed by atoms with E-state index < -0.39 is 5.82 Å². The van der Waals surface area contributed by atoms with Gasteiger partial charge >= 0.3 is 0 Å². The number of hydrogen-bond donors (Lipinski definition) is 3. The van der Waals surface area contributed by atoms with E-state index in [9.17, 15) is 14.3 Å². The predicted octanol–water partition coefficient (Wildman–Crippen LogP) is 2.68. The Kier molecular flexibility index (Phi) is 3.64. The number of halogens is 1. The third-order valence-corrected chi connectivity index (χ3v) is 3.89. The summed E-state index contributed by atoms with van der Waals surface area (Å²) in [5.41, 5.74) is 2.22. The van der Waals surface area contributed by atoms with Gasteiger partial charge in [0.15, 0.2) is 0 Å². The van der Waals surface area contributed by atoms with Crippen LogP contribution in [0.5, 0.6) is 5.75 Å². The number of nitrogens with one attached hydrogen (secondary N) is 2. The summed E-state index contributed by atoms with van der Waals surface area (Å²) < 4.78 is 13.7. The molecule has 0 saturated heterocycles. The van der Waals surface area contributed by atoms with Crippen molar-refractivity contribution in [2.45, 2.75) is 19.3 Å². The lowest BCUT2D eigenvalue weighted by atomic mass is 9.95. The average Bonchev–Trinajstić information content (AvgIpc) is 2.71. The number of rotatable bonds is 2. The first-order valence-corrected chi connectivity index (χ1v) is 7.08. The molecule has 3 N–H and O–H groups in total. The summed E-state index contributed by atoms with van der Waals surface area (Å²) in [6.07, 6.45) is 7.04. The first kappa shape index (κ1) is 13.7. The molecule has 2 aliphatic rings. The highest BCUT2D eigenvalue weighted by Crippen LogP contribution is 2.30. The second-order valence-electron chi connectivity index (χ2n) is 5.32. The molecular weight excluding hydrogens is 271 g/mol. The Bertz CT molecular complexity index is 637. The summed E-state index contributed by atoms with van der Waals surface area (Å²) in [4.78, 5) is 12.4. The van der Waals surface area contributed by atoms with Crippen LogP contribution >= 0.6 is 0 Å². The number of hydrogen-bond acceptors (Lipinski definition) is 3. The van der Waals surface area contributed by atoms with Crippen LogP contribution in [0.25, 0.3) is 0 Å². The summed E-state index contributed by atoms with van der Waals surface area (Å²) in [5.74, 6) is -1.28. The molecule has 3 rings (SSSR count). The van der Waals surface area contributed by atoms with Crippen molar-refractivity contribution in [1.82, 2.24) is 5.32 Å². The Morgan fingerprint density at radius 3 is 3.10 bits per heavy atom. The number of benzene rings is 1. The third-order valence-electron chi connectivity index (χ3n) is 3.89. The molecule has 1 aromatic rings. The van der Waals surface area contributed by atoms with Gasteiger partial charge in [0.1, 0.15) is 11.6 Å². The number of amides is 1. The van der Waals surface area contributed by atoms with Crippen molar-refractivity contribution in [3.05, 3.63) is 47.4 Å². The quantitative estimate of drug-likeness (QED) is 0.733. The van der Waals surface area contributed by atoms with Crippen molar-refractivity contribution < 1.29 is 14.3 Å². The molecule has 4 nitrogen and oxygen atoms in total. The Morgan fingerprint density at radius 2 is 2.29 bits per heavy atom. The zero-order valence-electron chi connectivity index (χ0n) is 11.5. The summed E-state index contributed by atoms with van der Waals surface area (Å²) >= 11 is 0. The van der Waals surface area contributed by atoms with Crippen LogP contribution < -0.4 is 10.6 Å². The maximum atomic E-state index is 13.7. The Morgan fingerprint density at radius 1 is 1.43 bits per heavy atom. The van der Waals surface area contributed by atoms with Gasteiger partial charge in [-0.1, -0.05) is 6.08 Å².